The minimum atomic E-state index is -3.83. The summed E-state index contributed by atoms with van der Waals surface area (Å²) in [5, 5.41) is 9.11. The van der Waals surface area contributed by atoms with Gasteiger partial charge in [0.2, 0.25) is 10.0 Å². The van der Waals surface area contributed by atoms with Crippen molar-refractivity contribution in [2.24, 2.45) is 0 Å². The molecular weight excluding hydrogens is 342 g/mol. The van der Waals surface area contributed by atoms with Crippen LogP contribution in [0.1, 0.15) is 23.5 Å². The van der Waals surface area contributed by atoms with Gasteiger partial charge in [-0.3, -0.25) is 4.79 Å². The van der Waals surface area contributed by atoms with Gasteiger partial charge in [0.15, 0.2) is 0 Å². The minimum Gasteiger partial charge on any atom is -0.495 e. The molecule has 6 nitrogen and oxygen atoms in total. The van der Waals surface area contributed by atoms with Crippen LogP contribution < -0.4 is 9.46 Å². The molecule has 1 atom stereocenters. The predicted molar refractivity (Wildman–Crippen MR) is 94.4 cm³/mol. The van der Waals surface area contributed by atoms with Crippen molar-refractivity contribution in [1.29, 1.82) is 0 Å². The van der Waals surface area contributed by atoms with E-state index < -0.39 is 21.9 Å². The molecular formula is C18H21NO5S. The Kier molecular flexibility index (Phi) is 6.17. The van der Waals surface area contributed by atoms with Crippen LogP contribution in [-0.2, 0) is 14.8 Å². The Labute approximate surface area is 147 Å². The van der Waals surface area contributed by atoms with Crippen LogP contribution in [0.4, 0.5) is 0 Å². The van der Waals surface area contributed by atoms with E-state index in [1.54, 1.807) is 43.3 Å². The Morgan fingerprint density at radius 3 is 2.48 bits per heavy atom. The molecule has 0 fully saturated rings. The molecule has 0 saturated heterocycles. The van der Waals surface area contributed by atoms with Crippen molar-refractivity contribution < 1.29 is 23.1 Å². The third-order valence-electron chi connectivity index (χ3n) is 3.82. The topological polar surface area (TPSA) is 92.7 Å². The maximum atomic E-state index is 12.6. The number of aryl methyl sites for hydroxylation is 1. The zero-order valence-electron chi connectivity index (χ0n) is 14.1. The summed E-state index contributed by atoms with van der Waals surface area (Å²) in [7, 11) is -2.43. The van der Waals surface area contributed by atoms with E-state index in [2.05, 4.69) is 4.72 Å². The summed E-state index contributed by atoms with van der Waals surface area (Å²) in [5.74, 6) is -1.21. The molecule has 0 aliphatic rings. The van der Waals surface area contributed by atoms with Gasteiger partial charge >= 0.3 is 5.97 Å². The smallest absolute Gasteiger partial charge is 0.304 e. The van der Waals surface area contributed by atoms with E-state index in [9.17, 15) is 13.2 Å². The number of carbonyl (C=O) groups is 1. The molecule has 2 N–H and O–H groups in total. The number of hydrogen-bond acceptors (Lipinski definition) is 4. The molecule has 0 spiro atoms. The molecule has 0 radical (unpaired) electrons. The number of methoxy groups -OCH3 is 1. The van der Waals surface area contributed by atoms with E-state index in [0.29, 0.717) is 0 Å². The van der Waals surface area contributed by atoms with Gasteiger partial charge in [-0.25, -0.2) is 13.1 Å². The summed E-state index contributed by atoms with van der Waals surface area (Å²) in [6.45, 7) is 1.77. The number of carboxylic acid groups (broad SMARTS) is 1. The molecule has 0 bridgehead atoms. The second kappa shape index (κ2) is 8.13. The number of rotatable bonds is 8. The SMILES string of the molecule is COc1ccc(C)cc1S(=O)(=O)NC[C@@H](CC(=O)O)c1ccccc1. The Bertz CT molecular complexity index is 834. The van der Waals surface area contributed by atoms with Crippen molar-refractivity contribution in [3.05, 3.63) is 59.7 Å². The number of aliphatic carboxylic acids is 1. The third-order valence-corrected chi connectivity index (χ3v) is 5.27. The summed E-state index contributed by atoms with van der Waals surface area (Å²) in [4.78, 5) is 11.2. The Balaban J connectivity index is 2.24. The first kappa shape index (κ1) is 19.0. The second-order valence-corrected chi connectivity index (χ2v) is 7.45. The van der Waals surface area contributed by atoms with E-state index >= 15 is 0 Å². The summed E-state index contributed by atoms with van der Waals surface area (Å²) in [6, 6.07) is 13.9. The highest BCUT2D eigenvalue weighted by Gasteiger charge is 2.23. The van der Waals surface area contributed by atoms with Crippen LogP contribution in [0.2, 0.25) is 0 Å². The van der Waals surface area contributed by atoms with Gasteiger partial charge in [0.05, 0.1) is 13.5 Å². The maximum absolute atomic E-state index is 12.6. The van der Waals surface area contributed by atoms with Crippen LogP contribution >= 0.6 is 0 Å². The van der Waals surface area contributed by atoms with Gasteiger partial charge in [-0.2, -0.15) is 0 Å². The third kappa shape index (κ3) is 5.04. The Morgan fingerprint density at radius 2 is 1.88 bits per heavy atom. The fraction of sp³-hybridized carbons (Fsp3) is 0.278. The number of hydrogen-bond donors (Lipinski definition) is 2. The largest absolute Gasteiger partial charge is 0.495 e. The van der Waals surface area contributed by atoms with Gasteiger partial charge in [0, 0.05) is 12.5 Å². The predicted octanol–water partition coefficient (Wildman–Crippen LogP) is 2.54. The normalized spacial score (nSPS) is 12.6. The monoisotopic (exact) mass is 363 g/mol. The molecule has 0 aliphatic heterocycles. The van der Waals surface area contributed by atoms with Crippen LogP contribution in [0.3, 0.4) is 0 Å². The van der Waals surface area contributed by atoms with Gasteiger partial charge in [0.1, 0.15) is 10.6 Å². The standard InChI is InChI=1S/C18H21NO5S/c1-13-8-9-16(24-2)17(10-13)25(22,23)19-12-15(11-18(20)21)14-6-4-3-5-7-14/h3-10,15,19H,11-12H2,1-2H3,(H,20,21)/t15-/m1/s1. The average molecular weight is 363 g/mol. The molecule has 0 heterocycles. The molecule has 0 unspecified atom stereocenters. The zero-order chi connectivity index (χ0) is 18.4. The first-order valence-corrected chi connectivity index (χ1v) is 9.23. The van der Waals surface area contributed by atoms with Gasteiger partial charge in [-0.05, 0) is 30.2 Å². The van der Waals surface area contributed by atoms with Gasteiger partial charge in [-0.1, -0.05) is 36.4 Å². The average Bonchev–Trinajstić information content (AvgIpc) is 2.59. The van der Waals surface area contributed by atoms with E-state index in [-0.39, 0.29) is 23.6 Å². The molecule has 2 aromatic carbocycles. The van der Waals surface area contributed by atoms with Gasteiger partial charge in [0.25, 0.3) is 0 Å². The minimum absolute atomic E-state index is 0.0181. The number of nitrogens with one attached hydrogen (secondary N) is 1. The molecule has 0 amide bonds. The summed E-state index contributed by atoms with van der Waals surface area (Å²) < 4.78 is 32.9. The van der Waals surface area contributed by atoms with E-state index in [1.165, 1.54) is 13.2 Å². The van der Waals surface area contributed by atoms with Crippen LogP contribution in [0, 0.1) is 6.92 Å². The lowest BCUT2D eigenvalue weighted by molar-refractivity contribution is -0.137. The molecule has 134 valence electrons. The molecule has 2 rings (SSSR count). The van der Waals surface area contributed by atoms with Crippen LogP contribution in [-0.4, -0.2) is 33.1 Å². The first-order valence-electron chi connectivity index (χ1n) is 7.74. The lowest BCUT2D eigenvalue weighted by Gasteiger charge is -2.17. The van der Waals surface area contributed by atoms with E-state index in [1.807, 2.05) is 6.07 Å². The highest BCUT2D eigenvalue weighted by molar-refractivity contribution is 7.89. The number of carboxylic acids is 1. The molecule has 25 heavy (non-hydrogen) atoms. The number of benzene rings is 2. The highest BCUT2D eigenvalue weighted by atomic mass is 32.2. The van der Waals surface area contributed by atoms with Gasteiger partial charge < -0.3 is 9.84 Å². The second-order valence-electron chi connectivity index (χ2n) is 5.71. The molecule has 0 aromatic heterocycles. The van der Waals surface area contributed by atoms with Crippen molar-refractivity contribution in [2.45, 2.75) is 24.2 Å². The summed E-state index contributed by atoms with van der Waals surface area (Å²) >= 11 is 0. The van der Waals surface area contributed by atoms with E-state index in [0.717, 1.165) is 11.1 Å². The summed E-state index contributed by atoms with van der Waals surface area (Å²) in [6.07, 6.45) is -0.169. The maximum Gasteiger partial charge on any atom is 0.304 e. The molecule has 2 aromatic rings. The van der Waals surface area contributed by atoms with Crippen molar-refractivity contribution >= 4 is 16.0 Å². The molecule has 0 saturated carbocycles. The van der Waals surface area contributed by atoms with Crippen molar-refractivity contribution in [3.8, 4) is 5.75 Å². The van der Waals surface area contributed by atoms with Crippen molar-refractivity contribution in [3.63, 3.8) is 0 Å². The van der Waals surface area contributed by atoms with Crippen molar-refractivity contribution in [2.75, 3.05) is 13.7 Å². The van der Waals surface area contributed by atoms with Crippen LogP contribution in [0.5, 0.6) is 5.75 Å². The zero-order valence-corrected chi connectivity index (χ0v) is 14.9. The van der Waals surface area contributed by atoms with Crippen molar-refractivity contribution in [1.82, 2.24) is 4.72 Å². The number of ether oxygens (including phenoxy) is 1. The molecule has 7 heteroatoms. The highest BCUT2D eigenvalue weighted by Crippen LogP contribution is 2.25. The number of sulfonamides is 1. The first-order chi connectivity index (χ1) is 11.8. The lowest BCUT2D eigenvalue weighted by Crippen LogP contribution is -2.30. The van der Waals surface area contributed by atoms with E-state index in [4.69, 9.17) is 9.84 Å². The Morgan fingerprint density at radius 1 is 1.20 bits per heavy atom. The fourth-order valence-corrected chi connectivity index (χ4v) is 3.86. The van der Waals surface area contributed by atoms with Gasteiger partial charge in [-0.15, -0.1) is 0 Å². The lowest BCUT2D eigenvalue weighted by atomic mass is 9.96. The Hall–Kier alpha value is -2.38. The fourth-order valence-electron chi connectivity index (χ4n) is 2.53. The van der Waals surface area contributed by atoms with Crippen LogP contribution in [0.15, 0.2) is 53.4 Å². The van der Waals surface area contributed by atoms with Crippen LogP contribution in [0.25, 0.3) is 0 Å². The summed E-state index contributed by atoms with van der Waals surface area (Å²) in [5.41, 5.74) is 1.55. The quantitative estimate of drug-likeness (QED) is 0.752. The molecule has 0 aliphatic carbocycles.